The SMILES string of the molecule is OC(Cc1c(Cl)cccc1Cl)C1COCCO1. The first-order chi connectivity index (χ1) is 8.18. The number of benzene rings is 1. The van der Waals surface area contributed by atoms with Gasteiger partial charge in [-0.05, 0) is 17.7 Å². The van der Waals surface area contributed by atoms with Crippen molar-refractivity contribution in [3.63, 3.8) is 0 Å². The maximum absolute atomic E-state index is 10.1. The predicted octanol–water partition coefficient (Wildman–Crippen LogP) is 2.31. The summed E-state index contributed by atoms with van der Waals surface area (Å²) >= 11 is 12.1. The molecule has 1 fully saturated rings. The van der Waals surface area contributed by atoms with Crippen molar-refractivity contribution in [3.8, 4) is 0 Å². The molecule has 1 aliphatic heterocycles. The molecule has 2 unspecified atom stereocenters. The fraction of sp³-hybridized carbons (Fsp3) is 0.500. The first kappa shape index (κ1) is 13.1. The summed E-state index contributed by atoms with van der Waals surface area (Å²) in [5, 5.41) is 11.2. The van der Waals surface area contributed by atoms with E-state index in [9.17, 15) is 5.11 Å². The molecule has 0 bridgehead atoms. The molecule has 17 heavy (non-hydrogen) atoms. The second kappa shape index (κ2) is 6.03. The summed E-state index contributed by atoms with van der Waals surface area (Å²) in [6.45, 7) is 1.50. The number of ether oxygens (including phenoxy) is 2. The highest BCUT2D eigenvalue weighted by Crippen LogP contribution is 2.26. The largest absolute Gasteiger partial charge is 0.390 e. The van der Waals surface area contributed by atoms with E-state index in [4.69, 9.17) is 32.7 Å². The van der Waals surface area contributed by atoms with Crippen molar-refractivity contribution in [1.29, 1.82) is 0 Å². The Morgan fingerprint density at radius 1 is 1.29 bits per heavy atom. The molecule has 0 saturated carbocycles. The Kier molecular flexibility index (Phi) is 4.65. The van der Waals surface area contributed by atoms with Crippen LogP contribution in [0.5, 0.6) is 0 Å². The van der Waals surface area contributed by atoms with E-state index in [0.717, 1.165) is 5.56 Å². The average Bonchev–Trinajstić information content (AvgIpc) is 2.35. The molecular weight excluding hydrogens is 263 g/mol. The number of aliphatic hydroxyl groups excluding tert-OH is 1. The van der Waals surface area contributed by atoms with Crippen LogP contribution in [0.2, 0.25) is 10.0 Å². The van der Waals surface area contributed by atoms with Crippen LogP contribution >= 0.6 is 23.2 Å². The molecule has 1 N–H and O–H groups in total. The highest BCUT2D eigenvalue weighted by Gasteiger charge is 2.24. The first-order valence-corrected chi connectivity index (χ1v) is 6.24. The maximum atomic E-state index is 10.1. The maximum Gasteiger partial charge on any atom is 0.107 e. The van der Waals surface area contributed by atoms with Gasteiger partial charge < -0.3 is 14.6 Å². The van der Waals surface area contributed by atoms with Crippen LogP contribution in [0.25, 0.3) is 0 Å². The summed E-state index contributed by atoms with van der Waals surface area (Å²) in [5.74, 6) is 0. The lowest BCUT2D eigenvalue weighted by Crippen LogP contribution is -2.39. The van der Waals surface area contributed by atoms with Crippen molar-refractivity contribution in [2.75, 3.05) is 19.8 Å². The van der Waals surface area contributed by atoms with Crippen LogP contribution in [0.1, 0.15) is 5.56 Å². The lowest BCUT2D eigenvalue weighted by Gasteiger charge is -2.27. The highest BCUT2D eigenvalue weighted by atomic mass is 35.5. The minimum atomic E-state index is -0.660. The summed E-state index contributed by atoms with van der Waals surface area (Å²) in [6.07, 6.45) is -0.601. The van der Waals surface area contributed by atoms with Crippen molar-refractivity contribution in [2.45, 2.75) is 18.6 Å². The van der Waals surface area contributed by atoms with Crippen molar-refractivity contribution in [2.24, 2.45) is 0 Å². The zero-order chi connectivity index (χ0) is 12.3. The zero-order valence-corrected chi connectivity index (χ0v) is 10.7. The van der Waals surface area contributed by atoms with Crippen LogP contribution in [0, 0.1) is 0 Å². The Labute approximate surface area is 110 Å². The van der Waals surface area contributed by atoms with Crippen molar-refractivity contribution >= 4 is 23.2 Å². The van der Waals surface area contributed by atoms with Crippen LogP contribution < -0.4 is 0 Å². The molecule has 94 valence electrons. The minimum Gasteiger partial charge on any atom is -0.390 e. The third-order valence-electron chi connectivity index (χ3n) is 2.75. The van der Waals surface area contributed by atoms with E-state index in [-0.39, 0.29) is 6.10 Å². The van der Waals surface area contributed by atoms with Crippen LogP contribution in [0.3, 0.4) is 0 Å². The second-order valence-corrected chi connectivity index (χ2v) is 4.77. The number of aliphatic hydroxyl groups is 1. The van der Waals surface area contributed by atoms with E-state index in [1.807, 2.05) is 0 Å². The van der Waals surface area contributed by atoms with Gasteiger partial charge in [0.1, 0.15) is 6.10 Å². The Balaban J connectivity index is 2.04. The van der Waals surface area contributed by atoms with Gasteiger partial charge in [0.25, 0.3) is 0 Å². The van der Waals surface area contributed by atoms with Gasteiger partial charge in [-0.15, -0.1) is 0 Å². The molecule has 0 spiro atoms. The average molecular weight is 277 g/mol. The molecule has 3 nitrogen and oxygen atoms in total. The molecule has 1 heterocycles. The quantitative estimate of drug-likeness (QED) is 0.921. The van der Waals surface area contributed by atoms with E-state index in [2.05, 4.69) is 0 Å². The standard InChI is InChI=1S/C12H14Cl2O3/c13-9-2-1-3-10(14)8(9)6-11(15)12-7-16-4-5-17-12/h1-3,11-12,15H,4-7H2. The number of halogens is 2. The highest BCUT2D eigenvalue weighted by molar-refractivity contribution is 6.35. The fourth-order valence-corrected chi connectivity index (χ4v) is 2.35. The summed E-state index contributed by atoms with van der Waals surface area (Å²) in [6, 6.07) is 5.29. The molecular formula is C12H14Cl2O3. The van der Waals surface area contributed by atoms with Crippen LogP contribution in [0.4, 0.5) is 0 Å². The van der Waals surface area contributed by atoms with Gasteiger partial charge in [-0.1, -0.05) is 29.3 Å². The first-order valence-electron chi connectivity index (χ1n) is 5.49. The van der Waals surface area contributed by atoms with Gasteiger partial charge in [-0.3, -0.25) is 0 Å². The van der Waals surface area contributed by atoms with E-state index in [1.165, 1.54) is 0 Å². The lowest BCUT2D eigenvalue weighted by molar-refractivity contribution is -0.131. The van der Waals surface area contributed by atoms with Gasteiger partial charge in [0.15, 0.2) is 0 Å². The van der Waals surface area contributed by atoms with Gasteiger partial charge in [-0.2, -0.15) is 0 Å². The summed E-state index contributed by atoms with van der Waals surface area (Å²) in [5.41, 5.74) is 0.748. The summed E-state index contributed by atoms with van der Waals surface area (Å²) < 4.78 is 10.7. The number of hydrogen-bond donors (Lipinski definition) is 1. The van der Waals surface area contributed by atoms with Crippen molar-refractivity contribution in [1.82, 2.24) is 0 Å². The Bertz CT molecular complexity index is 358. The molecule has 2 rings (SSSR count). The normalized spacial score (nSPS) is 22.4. The molecule has 2 atom stereocenters. The second-order valence-electron chi connectivity index (χ2n) is 3.96. The topological polar surface area (TPSA) is 38.7 Å². The molecule has 1 aromatic carbocycles. The molecule has 5 heteroatoms. The van der Waals surface area contributed by atoms with E-state index in [1.54, 1.807) is 18.2 Å². The fourth-order valence-electron chi connectivity index (χ4n) is 1.80. The molecule has 1 aliphatic rings. The summed E-state index contributed by atoms with van der Waals surface area (Å²) in [4.78, 5) is 0. The zero-order valence-electron chi connectivity index (χ0n) is 9.23. The van der Waals surface area contributed by atoms with Crippen LogP contribution in [-0.4, -0.2) is 37.1 Å². The molecule has 0 aromatic heterocycles. The van der Waals surface area contributed by atoms with Gasteiger partial charge in [0.05, 0.1) is 25.9 Å². The Morgan fingerprint density at radius 3 is 2.59 bits per heavy atom. The van der Waals surface area contributed by atoms with E-state index in [0.29, 0.717) is 36.3 Å². The smallest absolute Gasteiger partial charge is 0.107 e. The van der Waals surface area contributed by atoms with Crippen LogP contribution in [-0.2, 0) is 15.9 Å². The number of rotatable bonds is 3. The molecule has 0 aliphatic carbocycles. The Morgan fingerprint density at radius 2 is 2.00 bits per heavy atom. The predicted molar refractivity (Wildman–Crippen MR) is 66.7 cm³/mol. The van der Waals surface area contributed by atoms with E-state index >= 15 is 0 Å². The third kappa shape index (κ3) is 3.33. The van der Waals surface area contributed by atoms with Gasteiger partial charge in [0.2, 0.25) is 0 Å². The molecule has 1 aromatic rings. The number of hydrogen-bond acceptors (Lipinski definition) is 3. The van der Waals surface area contributed by atoms with Crippen molar-refractivity contribution < 1.29 is 14.6 Å². The van der Waals surface area contributed by atoms with E-state index < -0.39 is 6.10 Å². The molecule has 1 saturated heterocycles. The Hall–Kier alpha value is -0.320. The minimum absolute atomic E-state index is 0.309. The monoisotopic (exact) mass is 276 g/mol. The van der Waals surface area contributed by atoms with Crippen LogP contribution in [0.15, 0.2) is 18.2 Å². The van der Waals surface area contributed by atoms with Gasteiger partial charge >= 0.3 is 0 Å². The molecule has 0 radical (unpaired) electrons. The van der Waals surface area contributed by atoms with Crippen molar-refractivity contribution in [3.05, 3.63) is 33.8 Å². The third-order valence-corrected chi connectivity index (χ3v) is 3.45. The molecule has 0 amide bonds. The summed E-state index contributed by atoms with van der Waals surface area (Å²) in [7, 11) is 0. The van der Waals surface area contributed by atoms with Gasteiger partial charge in [-0.25, -0.2) is 0 Å². The van der Waals surface area contributed by atoms with Gasteiger partial charge in [0, 0.05) is 16.5 Å². The lowest BCUT2D eigenvalue weighted by atomic mass is 10.0.